The number of aliphatic hydroxyl groups is 3. The van der Waals surface area contributed by atoms with Crippen LogP contribution in [0.5, 0.6) is 0 Å². The number of amides is 1. The molecule has 14 nitrogen and oxygen atoms in total. The maximum absolute atomic E-state index is 14.3. The van der Waals surface area contributed by atoms with Gasteiger partial charge in [0, 0.05) is 53.1 Å². The van der Waals surface area contributed by atoms with Gasteiger partial charge in [-0.3, -0.25) is 4.79 Å². The van der Waals surface area contributed by atoms with Crippen molar-refractivity contribution < 1.29 is 53.4 Å². The zero-order valence-electron chi connectivity index (χ0n) is 38.0. The Morgan fingerprint density at radius 2 is 1.60 bits per heavy atom. The lowest BCUT2D eigenvalue weighted by atomic mass is 9.73. The maximum atomic E-state index is 14.3. The van der Waals surface area contributed by atoms with Gasteiger partial charge in [-0.2, -0.15) is 0 Å². The molecule has 348 valence electrons. The summed E-state index contributed by atoms with van der Waals surface area (Å²) < 4.78 is 31.8. The van der Waals surface area contributed by atoms with E-state index in [1.165, 1.54) is 14.0 Å². The second-order valence-electron chi connectivity index (χ2n) is 17.7. The van der Waals surface area contributed by atoms with Gasteiger partial charge in [0.1, 0.15) is 30.5 Å². The van der Waals surface area contributed by atoms with Crippen molar-refractivity contribution >= 4 is 41.0 Å². The first-order valence-electron chi connectivity index (χ1n) is 21.6. The topological polar surface area (TPSA) is 178 Å². The summed E-state index contributed by atoms with van der Waals surface area (Å²) in [6.07, 6.45) is -7.00. The highest BCUT2D eigenvalue weighted by Gasteiger charge is 2.52. The highest BCUT2D eigenvalue weighted by molar-refractivity contribution is 6.31. The summed E-state index contributed by atoms with van der Waals surface area (Å²) >= 11 is 12.8. The molecular formula is C46H69Cl2N3O11. The van der Waals surface area contributed by atoms with Gasteiger partial charge in [-0.05, 0) is 85.2 Å². The zero-order valence-corrected chi connectivity index (χ0v) is 39.6. The molecule has 2 fully saturated rings. The first kappa shape index (κ1) is 51.6. The van der Waals surface area contributed by atoms with E-state index in [0.29, 0.717) is 34.2 Å². The summed E-state index contributed by atoms with van der Waals surface area (Å²) in [6, 6.07) is 14.2. The van der Waals surface area contributed by atoms with E-state index in [2.05, 4.69) is 10.5 Å². The molecule has 4 rings (SSSR count). The first-order valence-corrected chi connectivity index (χ1v) is 22.3. The Morgan fingerprint density at radius 1 is 0.984 bits per heavy atom. The quantitative estimate of drug-likeness (QED) is 0.130. The number of hydrogen-bond donors (Lipinski definition) is 4. The van der Waals surface area contributed by atoms with E-state index < -0.39 is 83.7 Å². The number of carbonyl (C=O) groups is 2. The lowest BCUT2D eigenvalue weighted by molar-refractivity contribution is -0.301. The van der Waals surface area contributed by atoms with Crippen molar-refractivity contribution in [1.29, 1.82) is 0 Å². The molecule has 2 saturated heterocycles. The van der Waals surface area contributed by atoms with E-state index >= 15 is 0 Å². The smallest absolute Gasteiger partial charge is 0.407 e. The molecule has 2 aromatic carbocycles. The maximum Gasteiger partial charge on any atom is 0.407 e. The number of cyclic esters (lactones) is 1. The van der Waals surface area contributed by atoms with Crippen molar-refractivity contribution in [1.82, 2.24) is 10.2 Å². The third-order valence-corrected chi connectivity index (χ3v) is 13.5. The van der Waals surface area contributed by atoms with E-state index in [0.717, 1.165) is 5.56 Å². The number of methoxy groups -OCH3 is 1. The van der Waals surface area contributed by atoms with Gasteiger partial charge in [0.05, 0.1) is 35.5 Å². The van der Waals surface area contributed by atoms with Crippen molar-refractivity contribution in [3.63, 3.8) is 0 Å². The van der Waals surface area contributed by atoms with Gasteiger partial charge in [0.2, 0.25) is 0 Å². The fourth-order valence-corrected chi connectivity index (χ4v) is 9.34. The van der Waals surface area contributed by atoms with Crippen LogP contribution in [0.4, 0.5) is 4.79 Å². The third-order valence-electron chi connectivity index (χ3n) is 12.7. The third kappa shape index (κ3) is 12.6. The van der Waals surface area contributed by atoms with Crippen LogP contribution in [0.1, 0.15) is 85.8 Å². The number of nitrogens with one attached hydrogen (secondary N) is 1. The largest absolute Gasteiger partial charge is 0.459 e. The molecule has 14 atom stereocenters. The predicted molar refractivity (Wildman–Crippen MR) is 238 cm³/mol. The predicted octanol–water partition coefficient (Wildman–Crippen LogP) is 6.80. The number of rotatable bonds is 12. The number of aliphatic hydroxyl groups excluding tert-OH is 2. The minimum atomic E-state index is -1.97. The number of halogens is 2. The molecular weight excluding hydrogens is 841 g/mol. The standard InChI is InChI=1S/C46H69Cl2N3O11/c1-12-36-46(8,56)40(53)28(4)37(50-58-25-32-18-14-16-20-34(32)48)26(2)24-45(7,57-11)41(62-43-38(52)35(51(9)10)23-27(3)59-43)29(5)39(30(6)42(54)60-36)61-44(55)49-22-21-31-17-13-15-19-33(31)47/h13-20,26-30,35-36,38-41,43,52-53,56H,12,21-25H2,1-11H3,(H,49,55)/b50-37-/t26-,27-,28+,29+,30-,35+,36-,38-,39+,40-,41-,43+,45-,46-/m1/s1. The molecule has 0 aliphatic carbocycles. The van der Waals surface area contributed by atoms with Crippen LogP contribution in [0, 0.1) is 23.7 Å². The average molecular weight is 911 g/mol. The number of likely N-dealkylation sites (N-methyl/N-ethyl adjacent to an activating group) is 1. The van der Waals surface area contributed by atoms with Crippen LogP contribution in [0.15, 0.2) is 53.7 Å². The monoisotopic (exact) mass is 909 g/mol. The molecule has 2 heterocycles. The second kappa shape index (κ2) is 22.7. The van der Waals surface area contributed by atoms with Crippen molar-refractivity contribution in [2.24, 2.45) is 28.8 Å². The normalized spacial score (nSPS) is 35.8. The molecule has 0 saturated carbocycles. The lowest BCUT2D eigenvalue weighted by Crippen LogP contribution is -2.60. The average Bonchev–Trinajstić information content (AvgIpc) is 3.23. The van der Waals surface area contributed by atoms with E-state index in [1.807, 2.05) is 76.2 Å². The Bertz CT molecular complexity index is 1800. The summed E-state index contributed by atoms with van der Waals surface area (Å²) in [4.78, 5) is 35.9. The van der Waals surface area contributed by atoms with Gasteiger partial charge in [0.15, 0.2) is 6.29 Å². The summed E-state index contributed by atoms with van der Waals surface area (Å²) in [5.74, 6) is -4.11. The van der Waals surface area contributed by atoms with Crippen molar-refractivity contribution in [2.75, 3.05) is 27.7 Å². The number of benzene rings is 2. The highest BCUT2D eigenvalue weighted by Crippen LogP contribution is 2.40. The van der Waals surface area contributed by atoms with Crippen LogP contribution >= 0.6 is 23.2 Å². The van der Waals surface area contributed by atoms with E-state index in [-0.39, 0.29) is 38.1 Å². The highest BCUT2D eigenvalue weighted by atomic mass is 35.5. The van der Waals surface area contributed by atoms with E-state index in [1.54, 1.807) is 39.8 Å². The second-order valence-corrected chi connectivity index (χ2v) is 18.5. The van der Waals surface area contributed by atoms with Crippen molar-refractivity contribution in [3.8, 4) is 0 Å². The molecule has 0 spiro atoms. The first-order chi connectivity index (χ1) is 29.2. The van der Waals surface area contributed by atoms with Crippen molar-refractivity contribution in [3.05, 3.63) is 69.7 Å². The number of esters is 1. The SMILES string of the molecule is CC[C@H]1OC(=O)[C@H](C)[C@@H](OC(=O)NCCc2ccccc2Cl)[C@H](C)[C@@H](O[C@@H]2O[C@H](C)C[C@H](N(C)C)[C@H]2O)[C@](C)(OC)C[C@@H](C)/C(=N/OCc2ccccc2Cl)[C@H](C)[C@@H](O)[C@]1(C)O. The number of oxime groups is 1. The molecule has 0 unspecified atom stereocenters. The zero-order chi connectivity index (χ0) is 46.1. The Balaban J connectivity index is 1.84. The molecule has 0 aromatic heterocycles. The number of ether oxygens (including phenoxy) is 5. The molecule has 2 aliphatic rings. The van der Waals surface area contributed by atoms with Gasteiger partial charge in [-0.25, -0.2) is 4.79 Å². The molecule has 1 amide bonds. The van der Waals surface area contributed by atoms with E-state index in [9.17, 15) is 24.9 Å². The molecule has 2 aromatic rings. The van der Waals surface area contributed by atoms with Gasteiger partial charge < -0.3 is 54.1 Å². The van der Waals surface area contributed by atoms with Crippen LogP contribution in [-0.4, -0.2) is 126 Å². The molecule has 16 heteroatoms. The van der Waals surface area contributed by atoms with Crippen molar-refractivity contribution in [2.45, 2.75) is 148 Å². The van der Waals surface area contributed by atoms with Crippen LogP contribution in [0.2, 0.25) is 10.0 Å². The molecule has 2 aliphatic heterocycles. The summed E-state index contributed by atoms with van der Waals surface area (Å²) in [6.45, 7) is 14.1. The fraction of sp³-hybridized carbons (Fsp3) is 0.674. The fourth-order valence-electron chi connectivity index (χ4n) is 8.92. The number of hydrogen-bond acceptors (Lipinski definition) is 13. The Morgan fingerprint density at radius 3 is 2.18 bits per heavy atom. The van der Waals surface area contributed by atoms with Gasteiger partial charge in [0.25, 0.3) is 0 Å². The Labute approximate surface area is 377 Å². The van der Waals surface area contributed by atoms with Gasteiger partial charge in [-0.1, -0.05) is 92.5 Å². The molecule has 62 heavy (non-hydrogen) atoms. The number of nitrogens with zero attached hydrogens (tertiary/aromatic N) is 2. The number of alkyl carbamates (subject to hydrolysis) is 1. The molecule has 4 N–H and O–H groups in total. The van der Waals surface area contributed by atoms with Crippen LogP contribution in [0.3, 0.4) is 0 Å². The Hall–Kier alpha value is -3.05. The lowest BCUT2D eigenvalue weighted by Gasteiger charge is -2.48. The minimum Gasteiger partial charge on any atom is -0.459 e. The minimum absolute atomic E-state index is 0.0219. The summed E-state index contributed by atoms with van der Waals surface area (Å²) in [5, 5.41) is 44.2. The van der Waals surface area contributed by atoms with Crippen LogP contribution in [0.25, 0.3) is 0 Å². The van der Waals surface area contributed by atoms with Gasteiger partial charge >= 0.3 is 12.1 Å². The van der Waals surface area contributed by atoms with E-state index in [4.69, 9.17) is 51.7 Å². The summed E-state index contributed by atoms with van der Waals surface area (Å²) in [7, 11) is 5.28. The number of carbonyl (C=O) groups excluding carboxylic acids is 2. The van der Waals surface area contributed by atoms with Crippen LogP contribution < -0.4 is 5.32 Å². The summed E-state index contributed by atoms with van der Waals surface area (Å²) in [5.41, 5.74) is -1.35. The van der Waals surface area contributed by atoms with Gasteiger partial charge in [-0.15, -0.1) is 0 Å². The Kier molecular flexibility index (Phi) is 18.9. The van der Waals surface area contributed by atoms with Crippen LogP contribution in [-0.2, 0) is 46.3 Å². The molecule has 0 bridgehead atoms. The molecule has 0 radical (unpaired) electrons.